The van der Waals surface area contributed by atoms with Gasteiger partial charge in [0, 0.05) is 19.6 Å². The van der Waals surface area contributed by atoms with Crippen LogP contribution in [0.2, 0.25) is 0 Å². The zero-order valence-corrected chi connectivity index (χ0v) is 13.3. The molecule has 0 aliphatic carbocycles. The highest BCUT2D eigenvalue weighted by atomic mass is 79.9. The van der Waals surface area contributed by atoms with Gasteiger partial charge in [0.05, 0.1) is 5.92 Å². The van der Waals surface area contributed by atoms with E-state index < -0.39 is 12.1 Å². The number of halogens is 4. The number of rotatable bonds is 4. The number of piperidine rings is 1. The molecule has 0 amide bonds. The highest BCUT2D eigenvalue weighted by Gasteiger charge is 2.42. The van der Waals surface area contributed by atoms with Crippen molar-refractivity contribution >= 4 is 27.6 Å². The standard InChI is InChI=1S/C13H18BrF3N4/c1-2-5-18-11-10(14)12(20-8-19-11)21-6-3-4-9(7-21)13(15,16)17/h8-9H,2-7H2,1H3,(H,18,19,20). The molecule has 1 aromatic heterocycles. The Morgan fingerprint density at radius 2 is 2.19 bits per heavy atom. The summed E-state index contributed by atoms with van der Waals surface area (Å²) in [7, 11) is 0. The van der Waals surface area contributed by atoms with E-state index in [4.69, 9.17) is 0 Å². The maximum Gasteiger partial charge on any atom is 0.393 e. The predicted molar refractivity (Wildman–Crippen MR) is 79.5 cm³/mol. The lowest BCUT2D eigenvalue weighted by atomic mass is 9.97. The van der Waals surface area contributed by atoms with Crippen LogP contribution in [-0.2, 0) is 0 Å². The molecule has 8 heteroatoms. The van der Waals surface area contributed by atoms with Crippen molar-refractivity contribution in [2.45, 2.75) is 32.4 Å². The zero-order chi connectivity index (χ0) is 15.5. The van der Waals surface area contributed by atoms with Crippen molar-refractivity contribution in [2.24, 2.45) is 5.92 Å². The highest BCUT2D eigenvalue weighted by molar-refractivity contribution is 9.10. The summed E-state index contributed by atoms with van der Waals surface area (Å²) in [5, 5.41) is 3.14. The first kappa shape index (κ1) is 16.3. The summed E-state index contributed by atoms with van der Waals surface area (Å²) < 4.78 is 39.3. The minimum atomic E-state index is -4.15. The van der Waals surface area contributed by atoms with Gasteiger partial charge in [-0.2, -0.15) is 13.2 Å². The van der Waals surface area contributed by atoms with E-state index in [0.29, 0.717) is 29.1 Å². The van der Waals surface area contributed by atoms with E-state index in [1.54, 1.807) is 4.90 Å². The Hall–Kier alpha value is -1.05. The van der Waals surface area contributed by atoms with Crippen molar-refractivity contribution in [1.82, 2.24) is 9.97 Å². The molecule has 1 N–H and O–H groups in total. The van der Waals surface area contributed by atoms with Crippen molar-refractivity contribution in [3.05, 3.63) is 10.8 Å². The molecule has 0 saturated carbocycles. The monoisotopic (exact) mass is 366 g/mol. The van der Waals surface area contributed by atoms with Crippen LogP contribution in [0, 0.1) is 5.92 Å². The van der Waals surface area contributed by atoms with E-state index >= 15 is 0 Å². The van der Waals surface area contributed by atoms with Crippen molar-refractivity contribution in [3.63, 3.8) is 0 Å². The maximum atomic E-state index is 12.9. The van der Waals surface area contributed by atoms with Crippen LogP contribution in [0.4, 0.5) is 24.8 Å². The van der Waals surface area contributed by atoms with Crippen LogP contribution in [-0.4, -0.2) is 35.8 Å². The Balaban J connectivity index is 2.17. The normalized spacial score (nSPS) is 19.7. The van der Waals surface area contributed by atoms with Gasteiger partial charge >= 0.3 is 6.18 Å². The molecule has 0 radical (unpaired) electrons. The fraction of sp³-hybridized carbons (Fsp3) is 0.692. The van der Waals surface area contributed by atoms with Gasteiger partial charge in [0.25, 0.3) is 0 Å². The Morgan fingerprint density at radius 3 is 2.86 bits per heavy atom. The summed E-state index contributed by atoms with van der Waals surface area (Å²) in [4.78, 5) is 9.95. The second kappa shape index (κ2) is 6.81. The highest BCUT2D eigenvalue weighted by Crippen LogP contribution is 2.37. The zero-order valence-electron chi connectivity index (χ0n) is 11.8. The Kier molecular flexibility index (Phi) is 5.29. The molecule has 1 aliphatic rings. The van der Waals surface area contributed by atoms with Crippen LogP contribution in [0.15, 0.2) is 10.8 Å². The van der Waals surface area contributed by atoms with Crippen molar-refractivity contribution < 1.29 is 13.2 Å². The largest absolute Gasteiger partial charge is 0.393 e. The molecule has 1 saturated heterocycles. The molecule has 0 aromatic carbocycles. The molecule has 1 atom stereocenters. The summed E-state index contributed by atoms with van der Waals surface area (Å²) in [5.74, 6) is -0.145. The third kappa shape index (κ3) is 3.99. The number of nitrogens with one attached hydrogen (secondary N) is 1. The minimum absolute atomic E-state index is 0.0493. The molecule has 0 spiro atoms. The molecule has 1 fully saturated rings. The summed E-state index contributed by atoms with van der Waals surface area (Å²) >= 11 is 3.41. The first-order valence-electron chi connectivity index (χ1n) is 6.99. The van der Waals surface area contributed by atoms with Gasteiger partial charge in [-0.25, -0.2) is 9.97 Å². The number of anilines is 2. The fourth-order valence-electron chi connectivity index (χ4n) is 2.38. The molecule has 4 nitrogen and oxygen atoms in total. The average molecular weight is 367 g/mol. The molecule has 21 heavy (non-hydrogen) atoms. The Bertz CT molecular complexity index is 481. The number of alkyl halides is 3. The summed E-state index contributed by atoms with van der Waals surface area (Å²) in [5.41, 5.74) is 0. The molecule has 1 aliphatic heterocycles. The van der Waals surface area contributed by atoms with Crippen molar-refractivity contribution in [1.29, 1.82) is 0 Å². The first-order chi connectivity index (χ1) is 9.93. The van der Waals surface area contributed by atoms with Crippen LogP contribution in [0.25, 0.3) is 0 Å². The molecule has 2 heterocycles. The van der Waals surface area contributed by atoms with E-state index in [9.17, 15) is 13.2 Å². The summed E-state index contributed by atoms with van der Waals surface area (Å²) in [6.07, 6.45) is -1.13. The second-order valence-corrected chi connectivity index (χ2v) is 5.91. The predicted octanol–water partition coefficient (Wildman–Crippen LogP) is 3.84. The lowest BCUT2D eigenvalue weighted by Gasteiger charge is -2.35. The number of nitrogens with zero attached hydrogens (tertiary/aromatic N) is 3. The number of hydrogen-bond donors (Lipinski definition) is 1. The van der Waals surface area contributed by atoms with Crippen LogP contribution < -0.4 is 10.2 Å². The summed E-state index contributed by atoms with van der Waals surface area (Å²) in [6, 6.07) is 0. The third-order valence-corrected chi connectivity index (χ3v) is 4.23. The minimum Gasteiger partial charge on any atom is -0.369 e. The average Bonchev–Trinajstić information content (AvgIpc) is 2.45. The van der Waals surface area contributed by atoms with Crippen LogP contribution in [0.5, 0.6) is 0 Å². The van der Waals surface area contributed by atoms with Crippen molar-refractivity contribution in [2.75, 3.05) is 29.9 Å². The van der Waals surface area contributed by atoms with Crippen LogP contribution in [0.1, 0.15) is 26.2 Å². The van der Waals surface area contributed by atoms with Gasteiger partial charge in [0.15, 0.2) is 0 Å². The number of hydrogen-bond acceptors (Lipinski definition) is 4. The fourth-order valence-corrected chi connectivity index (χ4v) is 2.98. The van der Waals surface area contributed by atoms with Crippen LogP contribution >= 0.6 is 15.9 Å². The molecule has 118 valence electrons. The quantitative estimate of drug-likeness (QED) is 0.878. The van der Waals surface area contributed by atoms with E-state index in [1.165, 1.54) is 6.33 Å². The molecular weight excluding hydrogens is 349 g/mol. The first-order valence-corrected chi connectivity index (χ1v) is 7.78. The molecule has 2 rings (SSSR count). The molecule has 0 bridgehead atoms. The Morgan fingerprint density at radius 1 is 1.43 bits per heavy atom. The number of aromatic nitrogens is 2. The van der Waals surface area contributed by atoms with E-state index in [2.05, 4.69) is 31.2 Å². The van der Waals surface area contributed by atoms with E-state index in [0.717, 1.165) is 13.0 Å². The second-order valence-electron chi connectivity index (χ2n) is 5.11. The smallest absolute Gasteiger partial charge is 0.369 e. The molecule has 1 aromatic rings. The van der Waals surface area contributed by atoms with Gasteiger partial charge in [-0.3, -0.25) is 0 Å². The molecular formula is C13H18BrF3N4. The van der Waals surface area contributed by atoms with E-state index in [-0.39, 0.29) is 13.0 Å². The van der Waals surface area contributed by atoms with Gasteiger partial charge in [-0.15, -0.1) is 0 Å². The SMILES string of the molecule is CCCNc1ncnc(N2CCCC(C(F)(F)F)C2)c1Br. The van der Waals surface area contributed by atoms with Crippen LogP contribution in [0.3, 0.4) is 0 Å². The Labute approximate surface area is 130 Å². The van der Waals surface area contributed by atoms with Crippen molar-refractivity contribution in [3.8, 4) is 0 Å². The van der Waals surface area contributed by atoms with Gasteiger partial charge in [-0.05, 0) is 35.2 Å². The van der Waals surface area contributed by atoms with Gasteiger partial charge < -0.3 is 10.2 Å². The van der Waals surface area contributed by atoms with Gasteiger partial charge in [-0.1, -0.05) is 6.92 Å². The maximum absolute atomic E-state index is 12.9. The summed E-state index contributed by atoms with van der Waals surface area (Å²) in [6.45, 7) is 3.31. The molecule has 1 unspecified atom stereocenters. The third-order valence-electron chi connectivity index (χ3n) is 3.50. The lowest BCUT2D eigenvalue weighted by Crippen LogP contribution is -2.42. The van der Waals surface area contributed by atoms with Gasteiger partial charge in [0.2, 0.25) is 0 Å². The van der Waals surface area contributed by atoms with Gasteiger partial charge in [0.1, 0.15) is 22.4 Å². The lowest BCUT2D eigenvalue weighted by molar-refractivity contribution is -0.176. The van der Waals surface area contributed by atoms with E-state index in [1.807, 2.05) is 6.92 Å². The topological polar surface area (TPSA) is 41.1 Å².